The van der Waals surface area contributed by atoms with E-state index in [0.29, 0.717) is 44.0 Å². The number of alkyl halides is 1. The number of hydrazine groups is 1. The molecule has 0 saturated carbocycles. The molecule has 0 unspecified atom stereocenters. The lowest BCUT2D eigenvalue weighted by Crippen LogP contribution is -2.43. The van der Waals surface area contributed by atoms with Crippen LogP contribution in [0, 0.1) is 41.4 Å². The average molecular weight is 747 g/mol. The van der Waals surface area contributed by atoms with Crippen molar-refractivity contribution in [1.82, 2.24) is 25.3 Å². The van der Waals surface area contributed by atoms with Crippen molar-refractivity contribution in [2.75, 3.05) is 37.8 Å². The van der Waals surface area contributed by atoms with Gasteiger partial charge in [-0.1, -0.05) is 18.4 Å². The van der Waals surface area contributed by atoms with Crippen LogP contribution >= 0.6 is 0 Å². The second-order valence-corrected chi connectivity index (χ2v) is 13.8. The predicted octanol–water partition coefficient (Wildman–Crippen LogP) is 7.19. The minimum Gasteiger partial charge on any atom is -0.461 e. The Balaban J connectivity index is 1.26. The van der Waals surface area contributed by atoms with Crippen LogP contribution in [0.25, 0.3) is 32.9 Å². The molecule has 3 aliphatic heterocycles. The van der Waals surface area contributed by atoms with Gasteiger partial charge >= 0.3 is 12.0 Å². The molecule has 3 saturated heterocycles. The van der Waals surface area contributed by atoms with Gasteiger partial charge in [-0.3, -0.25) is 14.9 Å². The summed E-state index contributed by atoms with van der Waals surface area (Å²) < 4.78 is 99.9. The lowest BCUT2D eigenvalue weighted by Gasteiger charge is -2.31. The number of rotatable bonds is 7. The molecule has 278 valence electrons. The number of ether oxygens (including phenoxy) is 2. The molecule has 3 fully saturated rings. The van der Waals surface area contributed by atoms with E-state index in [-0.39, 0.29) is 56.9 Å². The maximum Gasteiger partial charge on any atom is 0.343 e. The molecule has 3 aliphatic rings. The molecule has 15 heteroatoms. The molecule has 0 aliphatic carbocycles. The Morgan fingerprint density at radius 3 is 2.59 bits per heavy atom. The predicted molar refractivity (Wildman–Crippen MR) is 187 cm³/mol. The third kappa shape index (κ3) is 6.32. The van der Waals surface area contributed by atoms with Gasteiger partial charge in [0.05, 0.1) is 22.1 Å². The van der Waals surface area contributed by atoms with Crippen LogP contribution in [0.15, 0.2) is 42.6 Å². The zero-order valence-electron chi connectivity index (χ0n) is 28.7. The van der Waals surface area contributed by atoms with Crippen molar-refractivity contribution in [3.63, 3.8) is 0 Å². The van der Waals surface area contributed by atoms with Crippen molar-refractivity contribution < 1.29 is 40.6 Å². The quantitative estimate of drug-likeness (QED) is 0.0611. The van der Waals surface area contributed by atoms with Gasteiger partial charge in [0.2, 0.25) is 0 Å². The maximum atomic E-state index is 17.1. The van der Waals surface area contributed by atoms with Crippen molar-refractivity contribution in [3.8, 4) is 35.4 Å². The molecule has 0 spiro atoms. The first-order valence-electron chi connectivity index (χ1n) is 17.5. The number of hydrogen-bond donors (Lipinski definition) is 1. The summed E-state index contributed by atoms with van der Waals surface area (Å²) in [5.74, 6) is -5.60. The van der Waals surface area contributed by atoms with E-state index in [1.165, 1.54) is 24.4 Å². The number of fused-ring (bicyclic) bond motifs is 3. The summed E-state index contributed by atoms with van der Waals surface area (Å²) in [4.78, 5) is 28.7. The van der Waals surface area contributed by atoms with Gasteiger partial charge in [-0.05, 0) is 67.9 Å². The van der Waals surface area contributed by atoms with E-state index in [0.717, 1.165) is 44.7 Å². The number of aromatic nitrogens is 3. The van der Waals surface area contributed by atoms with Crippen LogP contribution in [0.5, 0.6) is 11.8 Å². The van der Waals surface area contributed by atoms with E-state index in [4.69, 9.17) is 15.9 Å². The molecule has 5 aromatic rings. The average Bonchev–Trinajstić information content (AvgIpc) is 3.54. The Hall–Kier alpha value is -5.46. The van der Waals surface area contributed by atoms with E-state index in [9.17, 15) is 22.4 Å². The van der Waals surface area contributed by atoms with Gasteiger partial charge in [0.15, 0.2) is 29.1 Å². The van der Waals surface area contributed by atoms with Gasteiger partial charge in [0.25, 0.3) is 0 Å². The number of pyridine rings is 1. The third-order valence-electron chi connectivity index (χ3n) is 10.4. The fourth-order valence-electron chi connectivity index (χ4n) is 7.81. The molecule has 8 rings (SSSR count). The number of terminal acetylenes is 1. The lowest BCUT2D eigenvalue weighted by molar-refractivity contribution is 0.0733. The Morgan fingerprint density at radius 2 is 1.80 bits per heavy atom. The largest absolute Gasteiger partial charge is 0.461 e. The van der Waals surface area contributed by atoms with E-state index < -0.39 is 52.3 Å². The summed E-state index contributed by atoms with van der Waals surface area (Å²) >= 11 is 0. The van der Waals surface area contributed by atoms with E-state index in [2.05, 4.69) is 31.2 Å². The van der Waals surface area contributed by atoms with Crippen LogP contribution in [0.4, 0.5) is 32.2 Å². The van der Waals surface area contributed by atoms with Crippen molar-refractivity contribution in [3.05, 3.63) is 82.8 Å². The fraction of sp³-hybridized carbons (Fsp3) is 0.333. The number of benzene rings is 3. The zero-order valence-corrected chi connectivity index (χ0v) is 28.7. The minimum absolute atomic E-state index is 0.0595. The molecule has 9 nitrogen and oxygen atoms in total. The number of anilines is 1. The highest BCUT2D eigenvalue weighted by molar-refractivity contribution is 6.03. The highest BCUT2D eigenvalue weighted by atomic mass is 19.2. The molecule has 2 aromatic heterocycles. The standard InChI is InChI=1S/C39H32F6N6O3/c1-2-25-28(41)8-7-21-13-24(54-37(52)22-14-29(42)32(44)30(43)15-22)16-26(31(21)25)34-33(45)35-27(18-46-34)36(51-12-5-3-4-10-47-51)49-38(48-35)53-20-39-9-6-11-50(39)19-23(40)17-39/h1,7-8,13-16,18,23,47H,3-6,9-12,17,19-20H2/t23-,39+/m1/s1. The van der Waals surface area contributed by atoms with Crippen molar-refractivity contribution in [1.29, 1.82) is 0 Å². The second-order valence-electron chi connectivity index (χ2n) is 13.8. The monoisotopic (exact) mass is 746 g/mol. The van der Waals surface area contributed by atoms with Crippen molar-refractivity contribution in [2.45, 2.75) is 50.2 Å². The summed E-state index contributed by atoms with van der Waals surface area (Å²) in [6.45, 7) is 2.34. The molecule has 0 amide bonds. The number of nitrogens with one attached hydrogen (secondary N) is 1. The fourth-order valence-corrected chi connectivity index (χ4v) is 7.81. The number of nitrogens with zero attached hydrogens (tertiary/aromatic N) is 5. The summed E-state index contributed by atoms with van der Waals surface area (Å²) in [6, 6.07) is 5.72. The molecule has 5 heterocycles. The molecule has 54 heavy (non-hydrogen) atoms. The highest BCUT2D eigenvalue weighted by Crippen LogP contribution is 2.42. The topological polar surface area (TPSA) is 92.7 Å². The molecule has 0 radical (unpaired) electrons. The van der Waals surface area contributed by atoms with Crippen LogP contribution in [0.2, 0.25) is 0 Å². The molecule has 0 bridgehead atoms. The zero-order chi connectivity index (χ0) is 37.7. The smallest absolute Gasteiger partial charge is 0.343 e. The highest BCUT2D eigenvalue weighted by Gasteiger charge is 2.49. The Morgan fingerprint density at radius 1 is 0.981 bits per heavy atom. The Labute approximate surface area is 305 Å². The van der Waals surface area contributed by atoms with Gasteiger partial charge in [0.1, 0.15) is 35.6 Å². The molecule has 2 atom stereocenters. The lowest BCUT2D eigenvalue weighted by atomic mass is 9.95. The number of carbonyl (C=O) groups excluding carboxylic acids is 1. The van der Waals surface area contributed by atoms with Crippen LogP contribution < -0.4 is 19.9 Å². The number of esters is 1. The Bertz CT molecular complexity index is 2340. The Kier molecular flexibility index (Phi) is 9.27. The van der Waals surface area contributed by atoms with Gasteiger partial charge in [-0.2, -0.15) is 9.97 Å². The van der Waals surface area contributed by atoms with Crippen molar-refractivity contribution in [2.24, 2.45) is 0 Å². The van der Waals surface area contributed by atoms with Gasteiger partial charge in [-0.15, -0.1) is 6.42 Å². The van der Waals surface area contributed by atoms with Gasteiger partial charge < -0.3 is 9.47 Å². The first-order valence-corrected chi connectivity index (χ1v) is 17.5. The molecular formula is C39H32F6N6O3. The van der Waals surface area contributed by atoms with E-state index in [1.807, 2.05) is 0 Å². The van der Waals surface area contributed by atoms with Crippen LogP contribution in [0.3, 0.4) is 0 Å². The van der Waals surface area contributed by atoms with Crippen LogP contribution in [-0.2, 0) is 0 Å². The molecule has 1 N–H and O–H groups in total. The first kappa shape index (κ1) is 35.6. The molecule has 3 aromatic carbocycles. The van der Waals surface area contributed by atoms with Crippen LogP contribution in [0.1, 0.15) is 54.4 Å². The molecular weight excluding hydrogens is 714 g/mol. The van der Waals surface area contributed by atoms with Crippen molar-refractivity contribution >= 4 is 33.5 Å². The van der Waals surface area contributed by atoms with E-state index >= 15 is 8.78 Å². The number of hydrogen-bond acceptors (Lipinski definition) is 9. The summed E-state index contributed by atoms with van der Waals surface area (Å²) in [5, 5.41) is 2.30. The van der Waals surface area contributed by atoms with Crippen LogP contribution in [-0.4, -0.2) is 70.3 Å². The summed E-state index contributed by atoms with van der Waals surface area (Å²) in [6.07, 6.45) is 10.7. The number of halogens is 6. The van der Waals surface area contributed by atoms with Gasteiger partial charge in [0, 0.05) is 43.2 Å². The summed E-state index contributed by atoms with van der Waals surface area (Å²) in [7, 11) is 0. The number of carbonyl (C=O) groups is 1. The van der Waals surface area contributed by atoms with E-state index in [1.54, 1.807) is 5.01 Å². The first-order chi connectivity index (χ1) is 26.0. The maximum absolute atomic E-state index is 17.1. The normalized spacial score (nSPS) is 20.2. The SMILES string of the molecule is C#Cc1c(F)ccc2cc(OC(=O)c3cc(F)c(F)c(F)c3)cc(-c3ncc4c(N5CCCCCN5)nc(OC[C@@]56CCCN5C[C@H](F)C6)nc4c3F)c12. The minimum atomic E-state index is -1.76. The second kappa shape index (κ2) is 14.1. The third-order valence-corrected chi connectivity index (χ3v) is 10.4. The summed E-state index contributed by atoms with van der Waals surface area (Å²) in [5.41, 5.74) is 1.30. The van der Waals surface area contributed by atoms with Gasteiger partial charge in [-0.25, -0.2) is 36.6 Å².